The van der Waals surface area contributed by atoms with E-state index >= 15 is 0 Å². The maximum Gasteiger partial charge on any atom is 0.223 e. The molecule has 12 heavy (non-hydrogen) atoms. The SMILES string of the molecule is CN(C)C(=O)CCN=C(N)NN. The molecule has 1 amide bonds. The number of aliphatic imine (C=N–C) groups is 1. The van der Waals surface area contributed by atoms with E-state index in [1.807, 2.05) is 0 Å². The fourth-order valence-corrected chi connectivity index (χ4v) is 0.541. The number of rotatable bonds is 3. The summed E-state index contributed by atoms with van der Waals surface area (Å²) in [4.78, 5) is 16.3. The van der Waals surface area contributed by atoms with Gasteiger partial charge < -0.3 is 10.6 Å². The van der Waals surface area contributed by atoms with E-state index in [9.17, 15) is 4.79 Å². The minimum absolute atomic E-state index is 0.0172. The molecular weight excluding hydrogens is 158 g/mol. The lowest BCUT2D eigenvalue weighted by Crippen LogP contribution is -2.37. The van der Waals surface area contributed by atoms with Crippen LogP contribution in [-0.4, -0.2) is 37.4 Å². The molecule has 0 aliphatic heterocycles. The van der Waals surface area contributed by atoms with Crippen molar-refractivity contribution < 1.29 is 4.79 Å². The van der Waals surface area contributed by atoms with Crippen molar-refractivity contribution in [3.05, 3.63) is 0 Å². The van der Waals surface area contributed by atoms with Gasteiger partial charge in [0.05, 0.1) is 6.54 Å². The third-order valence-electron chi connectivity index (χ3n) is 1.25. The highest BCUT2D eigenvalue weighted by Crippen LogP contribution is 1.86. The van der Waals surface area contributed by atoms with Crippen LogP contribution in [0.3, 0.4) is 0 Å². The summed E-state index contributed by atoms with van der Waals surface area (Å²) < 4.78 is 0. The van der Waals surface area contributed by atoms with Gasteiger partial charge in [0.25, 0.3) is 0 Å². The average molecular weight is 173 g/mol. The lowest BCUT2D eigenvalue weighted by atomic mass is 10.4. The number of nitrogens with zero attached hydrogens (tertiary/aromatic N) is 2. The quantitative estimate of drug-likeness (QED) is 0.204. The number of hydrogen-bond donors (Lipinski definition) is 3. The molecule has 0 aliphatic rings. The molecule has 0 aromatic carbocycles. The summed E-state index contributed by atoms with van der Waals surface area (Å²) in [5.41, 5.74) is 7.40. The lowest BCUT2D eigenvalue weighted by molar-refractivity contribution is -0.128. The van der Waals surface area contributed by atoms with Crippen LogP contribution >= 0.6 is 0 Å². The van der Waals surface area contributed by atoms with Gasteiger partial charge in [0.2, 0.25) is 11.9 Å². The lowest BCUT2D eigenvalue weighted by Gasteiger charge is -2.08. The number of hydrazine groups is 1. The molecule has 0 aromatic heterocycles. The number of carbonyl (C=O) groups is 1. The maximum absolute atomic E-state index is 11.0. The van der Waals surface area contributed by atoms with Crippen molar-refractivity contribution in [2.45, 2.75) is 6.42 Å². The first-order chi connectivity index (χ1) is 5.57. The van der Waals surface area contributed by atoms with Crippen LogP contribution in [0.15, 0.2) is 4.99 Å². The van der Waals surface area contributed by atoms with Gasteiger partial charge in [0.15, 0.2) is 0 Å². The van der Waals surface area contributed by atoms with Crippen molar-refractivity contribution in [1.29, 1.82) is 0 Å². The zero-order valence-electron chi connectivity index (χ0n) is 7.37. The van der Waals surface area contributed by atoms with E-state index in [0.717, 1.165) is 0 Å². The van der Waals surface area contributed by atoms with Gasteiger partial charge in [-0.2, -0.15) is 0 Å². The molecule has 0 radical (unpaired) electrons. The molecule has 0 fully saturated rings. The van der Waals surface area contributed by atoms with Gasteiger partial charge in [0.1, 0.15) is 0 Å². The summed E-state index contributed by atoms with van der Waals surface area (Å²) in [6.45, 7) is 0.354. The van der Waals surface area contributed by atoms with E-state index in [0.29, 0.717) is 13.0 Å². The molecule has 0 saturated carbocycles. The Hall–Kier alpha value is -1.30. The second kappa shape index (κ2) is 5.36. The largest absolute Gasteiger partial charge is 0.369 e. The monoisotopic (exact) mass is 173 g/mol. The molecule has 0 rings (SSSR count). The molecular formula is C6H15N5O. The van der Waals surface area contributed by atoms with Crippen LogP contribution in [-0.2, 0) is 4.79 Å². The van der Waals surface area contributed by atoms with Crippen LogP contribution in [0.4, 0.5) is 0 Å². The third kappa shape index (κ3) is 4.51. The number of hydrogen-bond acceptors (Lipinski definition) is 3. The molecule has 0 saturated heterocycles. The Morgan fingerprint density at radius 2 is 2.17 bits per heavy atom. The van der Waals surface area contributed by atoms with Crippen LogP contribution in [0.1, 0.15) is 6.42 Å². The predicted octanol–water partition coefficient (Wildman–Crippen LogP) is -1.76. The number of guanidine groups is 1. The summed E-state index contributed by atoms with van der Waals surface area (Å²) in [5, 5.41) is 0. The molecule has 0 heterocycles. The highest BCUT2D eigenvalue weighted by molar-refractivity contribution is 5.78. The van der Waals surface area contributed by atoms with Crippen molar-refractivity contribution in [2.24, 2.45) is 16.6 Å². The van der Waals surface area contributed by atoms with Crippen LogP contribution in [0.5, 0.6) is 0 Å². The molecule has 0 unspecified atom stereocenters. The normalized spacial score (nSPS) is 11.1. The Morgan fingerprint density at radius 1 is 1.58 bits per heavy atom. The summed E-state index contributed by atoms with van der Waals surface area (Å²) in [5.74, 6) is 5.11. The van der Waals surface area contributed by atoms with Gasteiger partial charge in [-0.3, -0.25) is 15.2 Å². The highest BCUT2D eigenvalue weighted by Gasteiger charge is 2.01. The maximum atomic E-state index is 11.0. The molecule has 5 N–H and O–H groups in total. The smallest absolute Gasteiger partial charge is 0.223 e. The molecule has 0 aromatic rings. The van der Waals surface area contributed by atoms with Crippen molar-refractivity contribution in [2.75, 3.05) is 20.6 Å². The topological polar surface area (TPSA) is 96.7 Å². The Kier molecular flexibility index (Phi) is 4.78. The Morgan fingerprint density at radius 3 is 2.58 bits per heavy atom. The molecule has 6 heteroatoms. The van der Waals surface area contributed by atoms with Crippen LogP contribution in [0.2, 0.25) is 0 Å². The first kappa shape index (κ1) is 10.7. The summed E-state index contributed by atoms with van der Waals surface area (Å²) in [7, 11) is 3.38. The van der Waals surface area contributed by atoms with E-state index in [1.54, 1.807) is 14.1 Å². The van der Waals surface area contributed by atoms with Crippen LogP contribution < -0.4 is 17.0 Å². The van der Waals surface area contributed by atoms with E-state index in [1.165, 1.54) is 4.90 Å². The van der Waals surface area contributed by atoms with Gasteiger partial charge in [-0.05, 0) is 0 Å². The van der Waals surface area contributed by atoms with E-state index < -0.39 is 0 Å². The van der Waals surface area contributed by atoms with Gasteiger partial charge in [-0.15, -0.1) is 0 Å². The first-order valence-electron chi connectivity index (χ1n) is 3.54. The molecule has 0 aliphatic carbocycles. The van der Waals surface area contributed by atoms with Gasteiger partial charge >= 0.3 is 0 Å². The van der Waals surface area contributed by atoms with E-state index in [-0.39, 0.29) is 11.9 Å². The van der Waals surface area contributed by atoms with E-state index in [2.05, 4.69) is 10.4 Å². The van der Waals surface area contributed by atoms with Crippen LogP contribution in [0, 0.1) is 0 Å². The van der Waals surface area contributed by atoms with Crippen molar-refractivity contribution in [3.63, 3.8) is 0 Å². The summed E-state index contributed by atoms with van der Waals surface area (Å²) in [6.07, 6.45) is 0.343. The molecule has 6 nitrogen and oxygen atoms in total. The minimum Gasteiger partial charge on any atom is -0.369 e. The number of carbonyl (C=O) groups excluding carboxylic acids is 1. The van der Waals surface area contributed by atoms with Crippen molar-refractivity contribution in [1.82, 2.24) is 10.3 Å². The predicted molar refractivity (Wildman–Crippen MR) is 47.1 cm³/mol. The second-order valence-electron chi connectivity index (χ2n) is 2.45. The fraction of sp³-hybridized carbons (Fsp3) is 0.667. The minimum atomic E-state index is 0.0172. The summed E-state index contributed by atoms with van der Waals surface area (Å²) in [6, 6.07) is 0. The van der Waals surface area contributed by atoms with Gasteiger partial charge in [-0.1, -0.05) is 0 Å². The Bertz CT molecular complexity index is 177. The van der Waals surface area contributed by atoms with Crippen molar-refractivity contribution >= 4 is 11.9 Å². The number of amides is 1. The van der Waals surface area contributed by atoms with Gasteiger partial charge in [-0.25, -0.2) is 5.84 Å². The van der Waals surface area contributed by atoms with Gasteiger partial charge in [0, 0.05) is 20.5 Å². The third-order valence-corrected chi connectivity index (χ3v) is 1.25. The molecule has 0 spiro atoms. The molecule has 0 bridgehead atoms. The Balaban J connectivity index is 3.63. The fourth-order valence-electron chi connectivity index (χ4n) is 0.541. The molecule has 0 atom stereocenters. The first-order valence-corrected chi connectivity index (χ1v) is 3.54. The zero-order valence-corrected chi connectivity index (χ0v) is 7.37. The van der Waals surface area contributed by atoms with E-state index in [4.69, 9.17) is 11.6 Å². The second-order valence-corrected chi connectivity index (χ2v) is 2.45. The Labute approximate surface area is 71.6 Å². The highest BCUT2D eigenvalue weighted by atomic mass is 16.2. The average Bonchev–Trinajstić information content (AvgIpc) is 2.03. The van der Waals surface area contributed by atoms with Crippen LogP contribution in [0.25, 0.3) is 0 Å². The van der Waals surface area contributed by atoms with Crippen molar-refractivity contribution in [3.8, 4) is 0 Å². The number of nitrogens with one attached hydrogen (secondary N) is 1. The number of nitrogens with two attached hydrogens (primary N) is 2. The zero-order chi connectivity index (χ0) is 9.56. The molecule has 70 valence electrons. The summed E-state index contributed by atoms with van der Waals surface area (Å²) >= 11 is 0. The standard InChI is InChI=1S/C6H15N5O/c1-11(2)5(12)3-4-9-6(7)10-8/h3-4,8H2,1-2H3,(H3,7,9,10).